The van der Waals surface area contributed by atoms with Crippen molar-refractivity contribution in [2.75, 3.05) is 6.54 Å². The molecule has 8 heteroatoms. The van der Waals surface area contributed by atoms with Crippen LogP contribution in [0.5, 0.6) is 0 Å². The zero-order chi connectivity index (χ0) is 16.2. The van der Waals surface area contributed by atoms with Gasteiger partial charge in [0.2, 0.25) is 5.91 Å². The first-order chi connectivity index (χ1) is 11.2. The van der Waals surface area contributed by atoms with E-state index in [4.69, 9.17) is 0 Å². The number of benzene rings is 1. The molecular weight excluding hydrogens is 296 g/mol. The Hall–Kier alpha value is -3.03. The van der Waals surface area contributed by atoms with Crippen LogP contribution >= 0.6 is 0 Å². The molecule has 8 nitrogen and oxygen atoms in total. The SMILES string of the molecule is CC(C(=O)NCCc1cn[nH]n1)n1cnc2ccccc2c1=O. The van der Waals surface area contributed by atoms with Crippen molar-refractivity contribution in [2.24, 2.45) is 0 Å². The smallest absolute Gasteiger partial charge is 0.261 e. The summed E-state index contributed by atoms with van der Waals surface area (Å²) in [6, 6.07) is 6.43. The lowest BCUT2D eigenvalue weighted by Crippen LogP contribution is -2.36. The minimum atomic E-state index is -0.642. The molecule has 0 aliphatic carbocycles. The van der Waals surface area contributed by atoms with E-state index in [1.165, 1.54) is 10.9 Å². The summed E-state index contributed by atoms with van der Waals surface area (Å²) in [6.07, 6.45) is 3.58. The predicted molar refractivity (Wildman–Crippen MR) is 83.8 cm³/mol. The molecule has 23 heavy (non-hydrogen) atoms. The van der Waals surface area contributed by atoms with E-state index in [9.17, 15) is 9.59 Å². The van der Waals surface area contributed by atoms with Crippen LogP contribution in [0.4, 0.5) is 0 Å². The van der Waals surface area contributed by atoms with Gasteiger partial charge in [-0.25, -0.2) is 4.98 Å². The number of carbonyl (C=O) groups excluding carboxylic acids is 1. The van der Waals surface area contributed by atoms with Crippen molar-refractivity contribution in [1.82, 2.24) is 30.3 Å². The van der Waals surface area contributed by atoms with Crippen LogP contribution in [0.1, 0.15) is 18.7 Å². The maximum atomic E-state index is 12.5. The molecule has 3 rings (SSSR count). The first kappa shape index (κ1) is 14.9. The Kier molecular flexibility index (Phi) is 4.13. The van der Waals surface area contributed by atoms with Crippen molar-refractivity contribution in [3.63, 3.8) is 0 Å². The van der Waals surface area contributed by atoms with Crippen LogP contribution in [0.15, 0.2) is 41.6 Å². The van der Waals surface area contributed by atoms with Crippen molar-refractivity contribution in [2.45, 2.75) is 19.4 Å². The number of hydrogen-bond acceptors (Lipinski definition) is 5. The number of fused-ring (bicyclic) bond motifs is 1. The number of carbonyl (C=O) groups is 1. The van der Waals surface area contributed by atoms with Crippen molar-refractivity contribution in [3.8, 4) is 0 Å². The van der Waals surface area contributed by atoms with E-state index in [2.05, 4.69) is 25.7 Å². The van der Waals surface area contributed by atoms with Crippen LogP contribution in [0.3, 0.4) is 0 Å². The Morgan fingerprint density at radius 1 is 1.39 bits per heavy atom. The van der Waals surface area contributed by atoms with Gasteiger partial charge >= 0.3 is 0 Å². The van der Waals surface area contributed by atoms with E-state index in [1.54, 1.807) is 31.3 Å². The fourth-order valence-electron chi connectivity index (χ4n) is 2.29. The summed E-state index contributed by atoms with van der Waals surface area (Å²) in [6.45, 7) is 2.09. The zero-order valence-corrected chi connectivity index (χ0v) is 12.6. The number of aromatic nitrogens is 5. The summed E-state index contributed by atoms with van der Waals surface area (Å²) in [7, 11) is 0. The Morgan fingerprint density at radius 2 is 2.22 bits per heavy atom. The second-order valence-corrected chi connectivity index (χ2v) is 5.15. The number of aromatic amines is 1. The molecule has 2 N–H and O–H groups in total. The van der Waals surface area contributed by atoms with Gasteiger partial charge in [-0.3, -0.25) is 14.2 Å². The normalized spacial score (nSPS) is 12.2. The number of amides is 1. The molecule has 0 radical (unpaired) electrons. The van der Waals surface area contributed by atoms with Crippen LogP contribution < -0.4 is 10.9 Å². The van der Waals surface area contributed by atoms with Gasteiger partial charge in [0.15, 0.2) is 0 Å². The maximum Gasteiger partial charge on any atom is 0.261 e. The molecule has 0 bridgehead atoms. The van der Waals surface area contributed by atoms with E-state index < -0.39 is 6.04 Å². The summed E-state index contributed by atoms with van der Waals surface area (Å²) in [5.74, 6) is -0.243. The minimum Gasteiger partial charge on any atom is -0.354 e. The van der Waals surface area contributed by atoms with Crippen molar-refractivity contribution in [3.05, 3.63) is 52.8 Å². The molecule has 1 aromatic carbocycles. The summed E-state index contributed by atoms with van der Waals surface area (Å²) < 4.78 is 1.34. The van der Waals surface area contributed by atoms with E-state index >= 15 is 0 Å². The molecule has 1 amide bonds. The molecule has 3 aromatic rings. The van der Waals surface area contributed by atoms with Crippen LogP contribution in [0, 0.1) is 0 Å². The Balaban J connectivity index is 1.72. The van der Waals surface area contributed by atoms with Crippen molar-refractivity contribution in [1.29, 1.82) is 0 Å². The topological polar surface area (TPSA) is 106 Å². The quantitative estimate of drug-likeness (QED) is 0.711. The van der Waals surface area contributed by atoms with Gasteiger partial charge in [-0.2, -0.15) is 15.4 Å². The molecule has 0 saturated carbocycles. The Morgan fingerprint density at radius 3 is 3.00 bits per heavy atom. The zero-order valence-electron chi connectivity index (χ0n) is 12.6. The second-order valence-electron chi connectivity index (χ2n) is 5.15. The van der Waals surface area contributed by atoms with Crippen molar-refractivity contribution < 1.29 is 4.79 Å². The number of nitrogens with one attached hydrogen (secondary N) is 2. The maximum absolute atomic E-state index is 12.5. The van der Waals surface area contributed by atoms with Gasteiger partial charge in [0.25, 0.3) is 5.56 Å². The monoisotopic (exact) mass is 312 g/mol. The van der Waals surface area contributed by atoms with E-state index in [0.717, 1.165) is 5.69 Å². The average Bonchev–Trinajstić information content (AvgIpc) is 3.08. The lowest BCUT2D eigenvalue weighted by atomic mass is 10.2. The minimum absolute atomic E-state index is 0.227. The summed E-state index contributed by atoms with van der Waals surface area (Å²) in [4.78, 5) is 28.9. The fraction of sp³-hybridized carbons (Fsp3) is 0.267. The highest BCUT2D eigenvalue weighted by Gasteiger charge is 2.17. The average molecular weight is 312 g/mol. The molecule has 1 atom stereocenters. The highest BCUT2D eigenvalue weighted by atomic mass is 16.2. The number of hydrogen-bond donors (Lipinski definition) is 2. The number of para-hydroxylation sites is 1. The van der Waals surface area contributed by atoms with Gasteiger partial charge in [0, 0.05) is 13.0 Å². The first-order valence-electron chi connectivity index (χ1n) is 7.25. The van der Waals surface area contributed by atoms with E-state index in [0.29, 0.717) is 23.9 Å². The molecular formula is C15H16N6O2. The van der Waals surface area contributed by atoms with Gasteiger partial charge in [0.05, 0.1) is 29.1 Å². The molecule has 2 heterocycles. The summed E-state index contributed by atoms with van der Waals surface area (Å²) in [5, 5.41) is 13.4. The highest BCUT2D eigenvalue weighted by molar-refractivity contribution is 5.81. The van der Waals surface area contributed by atoms with Crippen LogP contribution in [-0.4, -0.2) is 37.4 Å². The van der Waals surface area contributed by atoms with Crippen LogP contribution in [0.2, 0.25) is 0 Å². The number of rotatable bonds is 5. The standard InChI is InChI=1S/C15H16N6O2/c1-10(14(22)16-7-6-11-8-18-20-19-11)21-9-17-13-5-3-2-4-12(13)15(21)23/h2-5,8-10H,6-7H2,1H3,(H,16,22)(H,18,19,20). The third-order valence-electron chi connectivity index (χ3n) is 3.63. The highest BCUT2D eigenvalue weighted by Crippen LogP contribution is 2.08. The van der Waals surface area contributed by atoms with Gasteiger partial charge in [-0.05, 0) is 19.1 Å². The van der Waals surface area contributed by atoms with E-state index in [-0.39, 0.29) is 11.5 Å². The summed E-state index contributed by atoms with van der Waals surface area (Å²) in [5.41, 5.74) is 1.16. The predicted octanol–water partition coefficient (Wildman–Crippen LogP) is 0.434. The third-order valence-corrected chi connectivity index (χ3v) is 3.63. The largest absolute Gasteiger partial charge is 0.354 e. The van der Waals surface area contributed by atoms with Crippen LogP contribution in [0.25, 0.3) is 10.9 Å². The third kappa shape index (κ3) is 3.10. The molecule has 0 aliphatic heterocycles. The summed E-state index contributed by atoms with van der Waals surface area (Å²) >= 11 is 0. The number of nitrogens with zero attached hydrogens (tertiary/aromatic N) is 4. The first-order valence-corrected chi connectivity index (χ1v) is 7.25. The lowest BCUT2D eigenvalue weighted by molar-refractivity contribution is -0.123. The van der Waals surface area contributed by atoms with Crippen molar-refractivity contribution >= 4 is 16.8 Å². The van der Waals surface area contributed by atoms with Gasteiger partial charge in [-0.15, -0.1) is 0 Å². The molecule has 0 saturated heterocycles. The lowest BCUT2D eigenvalue weighted by Gasteiger charge is -2.15. The van der Waals surface area contributed by atoms with Crippen LogP contribution in [-0.2, 0) is 11.2 Å². The second kappa shape index (κ2) is 6.39. The molecule has 0 fully saturated rings. The molecule has 0 aliphatic rings. The van der Waals surface area contributed by atoms with Gasteiger partial charge < -0.3 is 5.32 Å². The molecule has 118 valence electrons. The molecule has 1 unspecified atom stereocenters. The number of H-pyrrole nitrogens is 1. The van der Waals surface area contributed by atoms with Gasteiger partial charge in [-0.1, -0.05) is 12.1 Å². The molecule has 2 aromatic heterocycles. The fourth-order valence-corrected chi connectivity index (χ4v) is 2.29. The Labute approximate surface area is 131 Å². The Bertz CT molecular complexity index is 871. The van der Waals surface area contributed by atoms with E-state index in [1.807, 2.05) is 6.07 Å². The molecule has 0 spiro atoms. The van der Waals surface area contributed by atoms with Gasteiger partial charge in [0.1, 0.15) is 6.04 Å².